The summed E-state index contributed by atoms with van der Waals surface area (Å²) in [4.78, 5) is 26.5. The molecule has 0 saturated carbocycles. The van der Waals surface area contributed by atoms with Crippen molar-refractivity contribution in [2.75, 3.05) is 6.54 Å². The van der Waals surface area contributed by atoms with Crippen LogP contribution in [0.2, 0.25) is 10.0 Å². The molecule has 1 atom stereocenters. The Morgan fingerprint density at radius 2 is 1.91 bits per heavy atom. The molecule has 0 bridgehead atoms. The number of hydrogen-bond acceptors (Lipinski definition) is 5. The Hall–Kier alpha value is -2.06. The van der Waals surface area contributed by atoms with Crippen molar-refractivity contribution in [2.24, 2.45) is 5.92 Å². The number of H-pyrrole nitrogens is 1. The smallest absolute Gasteiger partial charge is 0.388 e. The van der Waals surface area contributed by atoms with Crippen LogP contribution in [0, 0.1) is 5.92 Å². The van der Waals surface area contributed by atoms with Crippen LogP contribution in [0.1, 0.15) is 44.4 Å². The molecule has 184 valence electrons. The molecule has 3 aromatic rings. The minimum absolute atomic E-state index is 0. The number of likely N-dealkylation sites (tertiary alicyclic amines) is 1. The first-order valence-electron chi connectivity index (χ1n) is 11.3. The minimum atomic E-state index is -0.590. The summed E-state index contributed by atoms with van der Waals surface area (Å²) in [6, 6.07) is 9.61. The predicted molar refractivity (Wildman–Crippen MR) is 137 cm³/mol. The molecule has 0 spiro atoms. The molecular weight excluding hydrogens is 499 g/mol. The van der Waals surface area contributed by atoms with Gasteiger partial charge in [0.05, 0.1) is 10.7 Å². The van der Waals surface area contributed by atoms with Crippen molar-refractivity contribution in [2.45, 2.75) is 58.7 Å². The van der Waals surface area contributed by atoms with E-state index in [2.05, 4.69) is 28.9 Å². The van der Waals surface area contributed by atoms with Gasteiger partial charge in [0.15, 0.2) is 0 Å². The molecule has 0 unspecified atom stereocenters. The zero-order valence-corrected chi connectivity index (χ0v) is 21.6. The fourth-order valence-corrected chi connectivity index (χ4v) is 5.09. The number of nitrogens with one attached hydrogen (secondary N) is 1. The Morgan fingerprint density at radius 3 is 2.56 bits per heavy atom. The van der Waals surface area contributed by atoms with Gasteiger partial charge in [-0.1, -0.05) is 49.2 Å². The third-order valence-corrected chi connectivity index (χ3v) is 6.76. The van der Waals surface area contributed by atoms with Crippen LogP contribution in [0.15, 0.2) is 44.3 Å². The fourth-order valence-electron chi connectivity index (χ4n) is 4.55. The Balaban J connectivity index is 0.00000324. The Labute approximate surface area is 214 Å². The average Bonchev–Trinajstić information content (AvgIpc) is 3.40. The lowest BCUT2D eigenvalue weighted by atomic mass is 10.0. The number of hydrogen-bond donors (Lipinski definition) is 1. The van der Waals surface area contributed by atoms with Gasteiger partial charge in [0.25, 0.3) is 5.56 Å². The normalized spacial score (nSPS) is 16.2. The summed E-state index contributed by atoms with van der Waals surface area (Å²) in [5.41, 5.74) is 2.33. The highest BCUT2D eigenvalue weighted by Crippen LogP contribution is 2.28. The first-order valence-corrected chi connectivity index (χ1v) is 12.0. The van der Waals surface area contributed by atoms with Gasteiger partial charge in [-0.25, -0.2) is 9.89 Å². The van der Waals surface area contributed by atoms with E-state index in [1.54, 1.807) is 10.6 Å². The lowest BCUT2D eigenvalue weighted by Crippen LogP contribution is -2.34. The van der Waals surface area contributed by atoms with Crippen molar-refractivity contribution in [1.82, 2.24) is 19.7 Å². The lowest BCUT2D eigenvalue weighted by Gasteiger charge is -2.27. The molecule has 1 aromatic carbocycles. The van der Waals surface area contributed by atoms with Gasteiger partial charge < -0.3 is 8.98 Å². The molecule has 1 N–H and O–H groups in total. The van der Waals surface area contributed by atoms with Gasteiger partial charge in [-0.3, -0.25) is 9.69 Å². The summed E-state index contributed by atoms with van der Waals surface area (Å²) in [5, 5.41) is 6.75. The van der Waals surface area contributed by atoms with E-state index in [1.165, 1.54) is 6.42 Å². The van der Waals surface area contributed by atoms with E-state index in [1.807, 2.05) is 24.3 Å². The molecule has 4 rings (SSSR count). The number of pyridine rings is 1. The standard InChI is InChI=1S/C24H28Cl2N4O3.ClH/c1-15(2)12-18-4-3-10-29(18)14-21-19(25)13-20(26)23(31)30(21)11-9-16-5-7-17(8-6-16)22-27-28-24(32)33-22;/h5-8,13,15,18H,3-4,9-12,14H2,1-2H3,(H,28,32);1H/t18-;/m1./s1. The highest BCUT2D eigenvalue weighted by atomic mass is 35.5. The Kier molecular flexibility index (Phi) is 9.04. The predicted octanol–water partition coefficient (Wildman–Crippen LogP) is 5.17. The summed E-state index contributed by atoms with van der Waals surface area (Å²) in [6.45, 7) is 6.60. The van der Waals surface area contributed by atoms with Crippen LogP contribution < -0.4 is 11.3 Å². The lowest BCUT2D eigenvalue weighted by molar-refractivity contribution is 0.212. The number of rotatable bonds is 8. The van der Waals surface area contributed by atoms with Crippen molar-refractivity contribution >= 4 is 35.6 Å². The Bertz CT molecular complexity index is 1220. The maximum absolute atomic E-state index is 12.9. The topological polar surface area (TPSA) is 84.1 Å². The number of nitrogens with zero attached hydrogens (tertiary/aromatic N) is 3. The van der Waals surface area contributed by atoms with E-state index >= 15 is 0 Å². The number of aromatic amines is 1. The van der Waals surface area contributed by atoms with Crippen molar-refractivity contribution in [3.63, 3.8) is 0 Å². The summed E-state index contributed by atoms with van der Waals surface area (Å²) in [5.74, 6) is 0.275. The molecule has 0 aliphatic carbocycles. The molecule has 1 fully saturated rings. The van der Waals surface area contributed by atoms with Crippen LogP contribution in [0.3, 0.4) is 0 Å². The first-order chi connectivity index (χ1) is 15.8. The van der Waals surface area contributed by atoms with Crippen LogP contribution in [-0.2, 0) is 19.5 Å². The molecule has 3 heterocycles. The quantitative estimate of drug-likeness (QED) is 0.437. The van der Waals surface area contributed by atoms with Crippen LogP contribution in [0.5, 0.6) is 0 Å². The molecule has 1 aliphatic heterocycles. The molecule has 0 radical (unpaired) electrons. The summed E-state index contributed by atoms with van der Waals surface area (Å²) in [7, 11) is 0. The van der Waals surface area contributed by atoms with E-state index in [0.717, 1.165) is 30.6 Å². The van der Waals surface area contributed by atoms with Crippen molar-refractivity contribution in [1.29, 1.82) is 0 Å². The molecule has 7 nitrogen and oxygen atoms in total. The maximum atomic E-state index is 12.9. The molecule has 0 amide bonds. The second-order valence-corrected chi connectivity index (χ2v) is 9.82. The second-order valence-electron chi connectivity index (χ2n) is 9.00. The van der Waals surface area contributed by atoms with E-state index in [-0.39, 0.29) is 28.9 Å². The SMILES string of the molecule is CC(C)C[C@H]1CCCN1Cc1c(Cl)cc(Cl)c(=O)n1CCc1ccc(-c2n[nH]c(=O)o2)cc1.Cl. The van der Waals surface area contributed by atoms with Gasteiger partial charge in [0, 0.05) is 24.7 Å². The van der Waals surface area contributed by atoms with Gasteiger partial charge >= 0.3 is 5.76 Å². The van der Waals surface area contributed by atoms with E-state index in [0.29, 0.717) is 42.1 Å². The zero-order chi connectivity index (χ0) is 23.5. The van der Waals surface area contributed by atoms with Gasteiger partial charge in [-0.15, -0.1) is 17.5 Å². The van der Waals surface area contributed by atoms with Crippen molar-refractivity contribution in [3.8, 4) is 11.5 Å². The number of benzene rings is 1. The average molecular weight is 528 g/mol. The highest BCUT2D eigenvalue weighted by Gasteiger charge is 2.27. The number of aromatic nitrogens is 3. The third-order valence-electron chi connectivity index (χ3n) is 6.16. The maximum Gasteiger partial charge on any atom is 0.434 e. The minimum Gasteiger partial charge on any atom is -0.388 e. The van der Waals surface area contributed by atoms with Gasteiger partial charge in [-0.2, -0.15) is 0 Å². The van der Waals surface area contributed by atoms with Crippen LogP contribution in [0.25, 0.3) is 11.5 Å². The number of aryl methyl sites for hydroxylation is 1. The molecular formula is C24H29Cl3N4O3. The molecule has 1 aliphatic rings. The fraction of sp³-hybridized carbons (Fsp3) is 0.458. The third kappa shape index (κ3) is 6.13. The van der Waals surface area contributed by atoms with E-state index in [4.69, 9.17) is 27.6 Å². The van der Waals surface area contributed by atoms with Gasteiger partial charge in [0.1, 0.15) is 5.02 Å². The van der Waals surface area contributed by atoms with Crippen LogP contribution in [-0.4, -0.2) is 32.3 Å². The Morgan fingerprint density at radius 1 is 1.18 bits per heavy atom. The first kappa shape index (κ1) is 26.5. The molecule has 2 aromatic heterocycles. The molecule has 1 saturated heterocycles. The van der Waals surface area contributed by atoms with Gasteiger partial charge in [0.2, 0.25) is 5.89 Å². The summed E-state index contributed by atoms with van der Waals surface area (Å²) >= 11 is 12.8. The summed E-state index contributed by atoms with van der Waals surface area (Å²) < 4.78 is 6.71. The summed E-state index contributed by atoms with van der Waals surface area (Å²) in [6.07, 6.45) is 4.10. The second kappa shape index (κ2) is 11.6. The van der Waals surface area contributed by atoms with Gasteiger partial charge in [-0.05, 0) is 61.9 Å². The zero-order valence-electron chi connectivity index (χ0n) is 19.2. The number of halogens is 3. The van der Waals surface area contributed by atoms with Crippen LogP contribution in [0.4, 0.5) is 0 Å². The molecule has 10 heteroatoms. The molecule has 34 heavy (non-hydrogen) atoms. The van der Waals surface area contributed by atoms with Crippen LogP contribution >= 0.6 is 35.6 Å². The highest BCUT2D eigenvalue weighted by molar-refractivity contribution is 6.34. The van der Waals surface area contributed by atoms with E-state index in [9.17, 15) is 9.59 Å². The monoisotopic (exact) mass is 526 g/mol. The van der Waals surface area contributed by atoms with Crippen molar-refractivity contribution in [3.05, 3.63) is 72.5 Å². The van der Waals surface area contributed by atoms with Crippen molar-refractivity contribution < 1.29 is 4.42 Å². The largest absolute Gasteiger partial charge is 0.434 e. The van der Waals surface area contributed by atoms with E-state index < -0.39 is 5.76 Å².